The van der Waals surface area contributed by atoms with Gasteiger partial charge in [0.2, 0.25) is 0 Å². The van der Waals surface area contributed by atoms with E-state index in [1.807, 2.05) is 0 Å². The fraction of sp³-hybridized carbons (Fsp3) is 0.176. The van der Waals surface area contributed by atoms with Gasteiger partial charge < -0.3 is 14.8 Å². The number of carbonyl (C=O) groups excluding carboxylic acids is 2. The van der Waals surface area contributed by atoms with E-state index in [9.17, 15) is 28.5 Å². The summed E-state index contributed by atoms with van der Waals surface area (Å²) in [5.41, 5.74) is 0.368. The molecule has 0 heterocycles. The number of alkyl halides is 2. The molecule has 0 aromatic heterocycles. The van der Waals surface area contributed by atoms with Crippen LogP contribution < -0.4 is 10.1 Å². The van der Waals surface area contributed by atoms with E-state index in [1.54, 1.807) is 6.92 Å². The number of nitrogens with zero attached hydrogens (tertiary/aromatic N) is 1. The van der Waals surface area contributed by atoms with Crippen molar-refractivity contribution in [3.8, 4) is 5.75 Å². The molecule has 0 aliphatic rings. The molecule has 27 heavy (non-hydrogen) atoms. The summed E-state index contributed by atoms with van der Waals surface area (Å²) in [4.78, 5) is 34.0. The molecule has 0 saturated carbocycles. The second-order valence-corrected chi connectivity index (χ2v) is 5.26. The summed E-state index contributed by atoms with van der Waals surface area (Å²) in [5.74, 6) is -2.08. The number of nitrogens with one attached hydrogen (secondary N) is 1. The SMILES string of the molecule is Cc1cc([N+](=O)[O-])ccc1NC(=O)COC(=O)c1ccccc1OC(F)F. The first-order chi connectivity index (χ1) is 12.8. The number of esters is 1. The second kappa shape index (κ2) is 8.70. The highest BCUT2D eigenvalue weighted by atomic mass is 19.3. The van der Waals surface area contributed by atoms with Gasteiger partial charge in [0, 0.05) is 17.8 Å². The molecule has 2 aromatic carbocycles. The number of carbonyl (C=O) groups is 2. The molecule has 2 aromatic rings. The first-order valence-electron chi connectivity index (χ1n) is 7.54. The minimum Gasteiger partial charge on any atom is -0.452 e. The summed E-state index contributed by atoms with van der Waals surface area (Å²) < 4.78 is 33.7. The predicted octanol–water partition coefficient (Wildman–Crippen LogP) is 3.30. The number of nitro benzene ring substituents is 1. The quantitative estimate of drug-likeness (QED) is 0.449. The molecular formula is C17H14F2N2O6. The van der Waals surface area contributed by atoms with Crippen molar-refractivity contribution in [1.82, 2.24) is 0 Å². The third-order valence-corrected chi connectivity index (χ3v) is 3.35. The number of para-hydroxylation sites is 1. The fourth-order valence-corrected chi connectivity index (χ4v) is 2.13. The van der Waals surface area contributed by atoms with E-state index in [4.69, 9.17) is 4.74 Å². The highest BCUT2D eigenvalue weighted by Crippen LogP contribution is 2.22. The Bertz CT molecular complexity index is 872. The number of rotatable bonds is 7. The van der Waals surface area contributed by atoms with E-state index < -0.39 is 30.0 Å². The number of ether oxygens (including phenoxy) is 2. The Morgan fingerprint density at radius 3 is 2.56 bits per heavy atom. The second-order valence-electron chi connectivity index (χ2n) is 5.26. The number of aryl methyl sites for hydroxylation is 1. The fourth-order valence-electron chi connectivity index (χ4n) is 2.13. The van der Waals surface area contributed by atoms with Gasteiger partial charge in [-0.25, -0.2) is 4.79 Å². The summed E-state index contributed by atoms with van der Waals surface area (Å²) in [6.45, 7) is -2.24. The number of hydrogen-bond donors (Lipinski definition) is 1. The van der Waals surface area contributed by atoms with Gasteiger partial charge in [0.05, 0.1) is 4.92 Å². The van der Waals surface area contributed by atoms with Gasteiger partial charge in [-0.2, -0.15) is 8.78 Å². The molecule has 0 bridgehead atoms. The highest BCUT2D eigenvalue weighted by molar-refractivity contribution is 5.97. The van der Waals surface area contributed by atoms with Crippen molar-refractivity contribution in [3.63, 3.8) is 0 Å². The Labute approximate surface area is 151 Å². The molecule has 0 spiro atoms. The molecule has 0 radical (unpaired) electrons. The normalized spacial score (nSPS) is 10.4. The molecule has 8 nitrogen and oxygen atoms in total. The number of halogens is 2. The summed E-state index contributed by atoms with van der Waals surface area (Å²) in [7, 11) is 0. The molecule has 2 rings (SSSR count). The Balaban J connectivity index is 1.98. The van der Waals surface area contributed by atoms with Crippen molar-refractivity contribution < 1.29 is 32.8 Å². The van der Waals surface area contributed by atoms with E-state index in [-0.39, 0.29) is 17.0 Å². The highest BCUT2D eigenvalue weighted by Gasteiger charge is 2.18. The molecule has 0 aliphatic carbocycles. The molecule has 0 fully saturated rings. The maximum atomic E-state index is 12.4. The smallest absolute Gasteiger partial charge is 0.387 e. The first-order valence-corrected chi connectivity index (χ1v) is 7.54. The van der Waals surface area contributed by atoms with Crippen molar-refractivity contribution in [2.75, 3.05) is 11.9 Å². The third kappa shape index (κ3) is 5.46. The molecule has 10 heteroatoms. The van der Waals surface area contributed by atoms with Crippen molar-refractivity contribution in [2.45, 2.75) is 13.5 Å². The van der Waals surface area contributed by atoms with Crippen LogP contribution in [0.4, 0.5) is 20.2 Å². The first kappa shape index (κ1) is 19.8. The van der Waals surface area contributed by atoms with Crippen molar-refractivity contribution in [2.24, 2.45) is 0 Å². The largest absolute Gasteiger partial charge is 0.452 e. The van der Waals surface area contributed by atoms with Crippen LogP contribution in [0.5, 0.6) is 5.75 Å². The molecular weight excluding hydrogens is 366 g/mol. The third-order valence-electron chi connectivity index (χ3n) is 3.35. The summed E-state index contributed by atoms with van der Waals surface area (Å²) in [6, 6.07) is 9.06. The summed E-state index contributed by atoms with van der Waals surface area (Å²) >= 11 is 0. The Morgan fingerprint density at radius 1 is 1.22 bits per heavy atom. The van der Waals surface area contributed by atoms with Crippen molar-refractivity contribution >= 4 is 23.3 Å². The monoisotopic (exact) mass is 380 g/mol. The van der Waals surface area contributed by atoms with Crippen LogP contribution in [-0.4, -0.2) is 30.0 Å². The Hall–Kier alpha value is -3.56. The van der Waals surface area contributed by atoms with Gasteiger partial charge in [0.15, 0.2) is 6.61 Å². The van der Waals surface area contributed by atoms with E-state index in [1.165, 1.54) is 42.5 Å². The Morgan fingerprint density at radius 2 is 1.93 bits per heavy atom. The van der Waals surface area contributed by atoms with E-state index in [0.717, 1.165) is 0 Å². The summed E-state index contributed by atoms with van der Waals surface area (Å²) in [6.07, 6.45) is 0. The lowest BCUT2D eigenvalue weighted by Crippen LogP contribution is -2.21. The van der Waals surface area contributed by atoms with Crippen LogP contribution in [0.25, 0.3) is 0 Å². The average molecular weight is 380 g/mol. The minimum absolute atomic E-state index is 0.132. The maximum absolute atomic E-state index is 12.4. The van der Waals surface area contributed by atoms with Gasteiger partial charge in [0.1, 0.15) is 11.3 Å². The molecule has 0 atom stereocenters. The van der Waals surface area contributed by atoms with Gasteiger partial charge in [-0.1, -0.05) is 12.1 Å². The van der Waals surface area contributed by atoms with Gasteiger partial charge in [-0.05, 0) is 30.7 Å². The zero-order chi connectivity index (χ0) is 20.0. The standard InChI is InChI=1S/C17H14F2N2O6/c1-10-8-11(21(24)25)6-7-13(10)20-15(22)9-26-16(23)12-4-2-3-5-14(12)27-17(18)19/h2-8,17H,9H2,1H3,(H,20,22). The van der Waals surface area contributed by atoms with Gasteiger partial charge in [0.25, 0.3) is 11.6 Å². The van der Waals surface area contributed by atoms with E-state index in [0.29, 0.717) is 11.3 Å². The van der Waals surface area contributed by atoms with Gasteiger partial charge >= 0.3 is 12.6 Å². The van der Waals surface area contributed by atoms with Gasteiger partial charge in [-0.15, -0.1) is 0 Å². The lowest BCUT2D eigenvalue weighted by molar-refractivity contribution is -0.384. The molecule has 0 unspecified atom stereocenters. The average Bonchev–Trinajstić information content (AvgIpc) is 2.61. The van der Waals surface area contributed by atoms with Crippen LogP contribution in [0.1, 0.15) is 15.9 Å². The lowest BCUT2D eigenvalue weighted by Gasteiger charge is -2.11. The van der Waals surface area contributed by atoms with Gasteiger partial charge in [-0.3, -0.25) is 14.9 Å². The summed E-state index contributed by atoms with van der Waals surface area (Å²) in [5, 5.41) is 13.1. The Kier molecular flexibility index (Phi) is 6.36. The number of non-ortho nitro benzene ring substituents is 1. The molecule has 0 saturated heterocycles. The lowest BCUT2D eigenvalue weighted by atomic mass is 10.2. The number of hydrogen-bond acceptors (Lipinski definition) is 6. The molecule has 1 amide bonds. The number of anilines is 1. The van der Waals surface area contributed by atoms with E-state index >= 15 is 0 Å². The number of benzene rings is 2. The van der Waals surface area contributed by atoms with Crippen molar-refractivity contribution in [1.29, 1.82) is 0 Å². The zero-order valence-corrected chi connectivity index (χ0v) is 14.0. The molecule has 142 valence electrons. The number of amides is 1. The van der Waals surface area contributed by atoms with Crippen LogP contribution in [0.15, 0.2) is 42.5 Å². The number of nitro groups is 1. The maximum Gasteiger partial charge on any atom is 0.387 e. The zero-order valence-electron chi connectivity index (χ0n) is 14.0. The van der Waals surface area contributed by atoms with Crippen LogP contribution >= 0.6 is 0 Å². The minimum atomic E-state index is -3.12. The topological polar surface area (TPSA) is 108 Å². The van der Waals surface area contributed by atoms with Crippen molar-refractivity contribution in [3.05, 3.63) is 63.7 Å². The van der Waals surface area contributed by atoms with Crippen LogP contribution in [0.2, 0.25) is 0 Å². The van der Waals surface area contributed by atoms with E-state index in [2.05, 4.69) is 10.1 Å². The van der Waals surface area contributed by atoms with Crippen LogP contribution in [0, 0.1) is 17.0 Å². The van der Waals surface area contributed by atoms with Crippen LogP contribution in [-0.2, 0) is 9.53 Å². The predicted molar refractivity (Wildman–Crippen MR) is 89.8 cm³/mol. The molecule has 1 N–H and O–H groups in total. The molecule has 0 aliphatic heterocycles. The van der Waals surface area contributed by atoms with Crippen LogP contribution in [0.3, 0.4) is 0 Å².